The number of hydrogen-bond acceptors (Lipinski definition) is 4. The lowest BCUT2D eigenvalue weighted by Crippen LogP contribution is -2.33. The second-order valence-electron chi connectivity index (χ2n) is 7.08. The molecule has 0 aromatic heterocycles. The number of rotatable bonds is 5. The van der Waals surface area contributed by atoms with Gasteiger partial charge in [0.05, 0.1) is 12.8 Å². The smallest absolute Gasteiger partial charge is 0.156 e. The first-order valence-electron chi connectivity index (χ1n) is 8.88. The first-order chi connectivity index (χ1) is 12.2. The first kappa shape index (κ1) is 16.2. The molecule has 130 valence electrons. The van der Waals surface area contributed by atoms with E-state index in [-0.39, 0.29) is 5.60 Å². The van der Waals surface area contributed by atoms with Crippen molar-refractivity contribution in [1.82, 2.24) is 4.90 Å². The molecule has 4 rings (SSSR count). The van der Waals surface area contributed by atoms with Gasteiger partial charge in [-0.25, -0.2) is 0 Å². The van der Waals surface area contributed by atoms with Gasteiger partial charge in [-0.05, 0) is 23.3 Å². The number of methoxy groups -OCH3 is 1. The van der Waals surface area contributed by atoms with E-state index in [0.717, 1.165) is 50.4 Å². The lowest BCUT2D eigenvalue weighted by Gasteiger charge is -2.22. The third-order valence-electron chi connectivity index (χ3n) is 5.11. The SMILES string of the molecule is COc1ccc(CN2CCC3(CC(Cc4ccccc4)=NO3)C2)cc1. The molecule has 0 radical (unpaired) electrons. The normalized spacial score (nSPS) is 22.8. The van der Waals surface area contributed by atoms with Crippen molar-refractivity contribution in [2.45, 2.75) is 31.4 Å². The topological polar surface area (TPSA) is 34.1 Å². The minimum atomic E-state index is -0.114. The Balaban J connectivity index is 1.33. The number of oxime groups is 1. The van der Waals surface area contributed by atoms with Gasteiger partial charge in [-0.2, -0.15) is 0 Å². The fraction of sp³-hybridized carbons (Fsp3) is 0.381. The van der Waals surface area contributed by atoms with Crippen LogP contribution in [0.15, 0.2) is 59.8 Å². The molecule has 1 spiro atoms. The molecule has 0 amide bonds. The zero-order valence-electron chi connectivity index (χ0n) is 14.6. The summed E-state index contributed by atoms with van der Waals surface area (Å²) in [4.78, 5) is 8.38. The van der Waals surface area contributed by atoms with Crippen LogP contribution >= 0.6 is 0 Å². The molecule has 2 heterocycles. The van der Waals surface area contributed by atoms with Gasteiger partial charge in [-0.1, -0.05) is 47.6 Å². The molecule has 4 nitrogen and oxygen atoms in total. The van der Waals surface area contributed by atoms with Gasteiger partial charge in [0, 0.05) is 38.9 Å². The summed E-state index contributed by atoms with van der Waals surface area (Å²) in [5.74, 6) is 0.903. The second kappa shape index (κ2) is 6.89. The highest BCUT2D eigenvalue weighted by Crippen LogP contribution is 2.35. The largest absolute Gasteiger partial charge is 0.497 e. The summed E-state index contributed by atoms with van der Waals surface area (Å²) in [7, 11) is 1.70. The number of ether oxygens (including phenoxy) is 1. The molecule has 2 aromatic rings. The van der Waals surface area contributed by atoms with E-state index in [9.17, 15) is 0 Å². The molecule has 1 fully saturated rings. The van der Waals surface area contributed by atoms with E-state index in [1.807, 2.05) is 18.2 Å². The van der Waals surface area contributed by atoms with Crippen LogP contribution < -0.4 is 4.74 Å². The van der Waals surface area contributed by atoms with Gasteiger partial charge in [-0.15, -0.1) is 0 Å². The predicted molar refractivity (Wildman–Crippen MR) is 98.9 cm³/mol. The van der Waals surface area contributed by atoms with Crippen molar-refractivity contribution in [3.63, 3.8) is 0 Å². The number of benzene rings is 2. The molecule has 0 bridgehead atoms. The van der Waals surface area contributed by atoms with Crippen molar-refractivity contribution in [3.8, 4) is 5.75 Å². The van der Waals surface area contributed by atoms with Gasteiger partial charge >= 0.3 is 0 Å². The molecule has 1 atom stereocenters. The maximum Gasteiger partial charge on any atom is 0.156 e. The van der Waals surface area contributed by atoms with Crippen molar-refractivity contribution in [2.24, 2.45) is 5.16 Å². The van der Waals surface area contributed by atoms with Crippen molar-refractivity contribution in [3.05, 3.63) is 65.7 Å². The molecule has 4 heteroatoms. The summed E-state index contributed by atoms with van der Waals surface area (Å²) in [5, 5.41) is 4.40. The molecule has 0 aliphatic carbocycles. The zero-order chi connectivity index (χ0) is 17.1. The van der Waals surface area contributed by atoms with Crippen LogP contribution in [0.1, 0.15) is 24.0 Å². The average Bonchev–Trinajstić information content (AvgIpc) is 3.23. The summed E-state index contributed by atoms with van der Waals surface area (Å²) in [6.07, 6.45) is 2.88. The zero-order valence-corrected chi connectivity index (χ0v) is 14.6. The van der Waals surface area contributed by atoms with Crippen LogP contribution in [0.4, 0.5) is 0 Å². The Morgan fingerprint density at radius 2 is 1.88 bits per heavy atom. The minimum absolute atomic E-state index is 0.114. The van der Waals surface area contributed by atoms with Gasteiger partial charge < -0.3 is 9.57 Å². The summed E-state index contributed by atoms with van der Waals surface area (Å²) < 4.78 is 5.23. The highest BCUT2D eigenvalue weighted by atomic mass is 16.7. The monoisotopic (exact) mass is 336 g/mol. The van der Waals surface area contributed by atoms with Gasteiger partial charge in [-0.3, -0.25) is 4.90 Å². The van der Waals surface area contributed by atoms with Crippen molar-refractivity contribution >= 4 is 5.71 Å². The summed E-state index contributed by atoms with van der Waals surface area (Å²) in [5.41, 5.74) is 3.66. The average molecular weight is 336 g/mol. The molecule has 1 saturated heterocycles. The molecular weight excluding hydrogens is 312 g/mol. The first-order valence-corrected chi connectivity index (χ1v) is 8.88. The number of hydrogen-bond donors (Lipinski definition) is 0. The Kier molecular flexibility index (Phi) is 4.45. The summed E-state index contributed by atoms with van der Waals surface area (Å²) in [6.45, 7) is 2.95. The number of likely N-dealkylation sites (tertiary alicyclic amines) is 1. The molecule has 0 N–H and O–H groups in total. The maximum atomic E-state index is 5.92. The summed E-state index contributed by atoms with van der Waals surface area (Å²) >= 11 is 0. The van der Waals surface area contributed by atoms with Gasteiger partial charge in [0.15, 0.2) is 5.60 Å². The van der Waals surface area contributed by atoms with Gasteiger partial charge in [0.2, 0.25) is 0 Å². The van der Waals surface area contributed by atoms with E-state index >= 15 is 0 Å². The van der Waals surface area contributed by atoms with E-state index in [2.05, 4.69) is 46.5 Å². The summed E-state index contributed by atoms with van der Waals surface area (Å²) in [6, 6.07) is 18.8. The highest BCUT2D eigenvalue weighted by Gasteiger charge is 2.44. The molecule has 2 aromatic carbocycles. The van der Waals surface area contributed by atoms with E-state index in [1.165, 1.54) is 11.1 Å². The van der Waals surface area contributed by atoms with Crippen LogP contribution in [0.5, 0.6) is 5.75 Å². The van der Waals surface area contributed by atoms with E-state index < -0.39 is 0 Å². The molecule has 25 heavy (non-hydrogen) atoms. The van der Waals surface area contributed by atoms with Crippen molar-refractivity contribution < 1.29 is 9.57 Å². The van der Waals surface area contributed by atoms with Crippen LogP contribution in [0, 0.1) is 0 Å². The molecular formula is C21H24N2O2. The standard InChI is InChI=1S/C21H24N2O2/c1-24-20-9-7-18(8-10-20)15-23-12-11-21(16-23)14-19(22-25-21)13-17-5-3-2-4-6-17/h2-10H,11-16H2,1H3. The minimum Gasteiger partial charge on any atom is -0.497 e. The Morgan fingerprint density at radius 3 is 2.64 bits per heavy atom. The van der Waals surface area contributed by atoms with Crippen LogP contribution in [0.2, 0.25) is 0 Å². The lowest BCUT2D eigenvalue weighted by atomic mass is 9.94. The van der Waals surface area contributed by atoms with E-state index in [1.54, 1.807) is 7.11 Å². The molecule has 2 aliphatic heterocycles. The quantitative estimate of drug-likeness (QED) is 0.836. The predicted octanol–water partition coefficient (Wildman–Crippen LogP) is 3.66. The van der Waals surface area contributed by atoms with E-state index in [4.69, 9.17) is 9.57 Å². The Hall–Kier alpha value is -2.33. The third-order valence-corrected chi connectivity index (χ3v) is 5.11. The van der Waals surface area contributed by atoms with Crippen LogP contribution in [-0.4, -0.2) is 36.4 Å². The van der Waals surface area contributed by atoms with Crippen molar-refractivity contribution in [2.75, 3.05) is 20.2 Å². The van der Waals surface area contributed by atoms with E-state index in [0.29, 0.717) is 0 Å². The van der Waals surface area contributed by atoms with Crippen LogP contribution in [-0.2, 0) is 17.8 Å². The van der Waals surface area contributed by atoms with Gasteiger partial charge in [0.25, 0.3) is 0 Å². The van der Waals surface area contributed by atoms with Gasteiger partial charge in [0.1, 0.15) is 5.75 Å². The Bertz CT molecular complexity index is 742. The lowest BCUT2D eigenvalue weighted by molar-refractivity contribution is -0.0104. The fourth-order valence-electron chi connectivity index (χ4n) is 3.79. The molecule has 0 saturated carbocycles. The maximum absolute atomic E-state index is 5.92. The second-order valence-corrected chi connectivity index (χ2v) is 7.08. The molecule has 1 unspecified atom stereocenters. The van der Waals surface area contributed by atoms with Crippen LogP contribution in [0.25, 0.3) is 0 Å². The Morgan fingerprint density at radius 1 is 1.08 bits per heavy atom. The number of nitrogens with zero attached hydrogens (tertiary/aromatic N) is 2. The molecule has 2 aliphatic rings. The van der Waals surface area contributed by atoms with Crippen molar-refractivity contribution in [1.29, 1.82) is 0 Å². The Labute approximate surface area is 149 Å². The fourth-order valence-corrected chi connectivity index (χ4v) is 3.79. The third kappa shape index (κ3) is 3.69. The van der Waals surface area contributed by atoms with Crippen LogP contribution in [0.3, 0.4) is 0 Å². The highest BCUT2D eigenvalue weighted by molar-refractivity contribution is 5.88.